The lowest BCUT2D eigenvalue weighted by Crippen LogP contribution is -2.22. The maximum Gasteiger partial charge on any atom is 0.156 e. The van der Waals surface area contributed by atoms with Crippen molar-refractivity contribution in [2.45, 2.75) is 164 Å². The van der Waals surface area contributed by atoms with Gasteiger partial charge >= 0.3 is 0 Å². The molecular formula is C118H151Cl15O17. The Morgan fingerprint density at radius 3 is 0.540 bits per heavy atom. The molecule has 0 bridgehead atoms. The van der Waals surface area contributed by atoms with Crippen LogP contribution in [0.4, 0.5) is 0 Å². The van der Waals surface area contributed by atoms with Gasteiger partial charge in [-0.1, -0.05) is 301 Å². The molecule has 0 spiro atoms. The Balaban J connectivity index is 0.000000286. The van der Waals surface area contributed by atoms with E-state index in [1.807, 2.05) is 217 Å². The van der Waals surface area contributed by atoms with Crippen molar-refractivity contribution in [2.24, 2.45) is 47.3 Å². The number of aliphatic hydroxyl groups excluding tert-OH is 2. The largest absolute Gasteiger partial charge is 0.492 e. The number of hydrogen-bond donors (Lipinski definition) is 2. The summed E-state index contributed by atoms with van der Waals surface area (Å²) >= 11 is 94.1. The van der Waals surface area contributed by atoms with Gasteiger partial charge in [-0.2, -0.15) is 0 Å². The van der Waals surface area contributed by atoms with Crippen molar-refractivity contribution < 1.29 is 81.3 Å². The van der Waals surface area contributed by atoms with Gasteiger partial charge in [0.2, 0.25) is 0 Å². The van der Waals surface area contributed by atoms with Crippen LogP contribution >= 0.6 is 174 Å². The van der Waals surface area contributed by atoms with Crippen molar-refractivity contribution in [2.75, 3.05) is 164 Å². The van der Waals surface area contributed by atoms with Crippen LogP contribution < -0.4 is 47.4 Å². The number of benzene rings is 10. The predicted octanol–water partition coefficient (Wildman–Crippen LogP) is 33.6. The molecular weight excluding hydrogens is 2220 g/mol. The van der Waals surface area contributed by atoms with Gasteiger partial charge in [-0.25, -0.2) is 0 Å². The number of methoxy groups -OCH3 is 5. The van der Waals surface area contributed by atoms with Gasteiger partial charge in [-0.15, -0.1) is 58.0 Å². The van der Waals surface area contributed by atoms with E-state index in [2.05, 4.69) is 90.0 Å². The third-order valence-corrected chi connectivity index (χ3v) is 30.5. The summed E-state index contributed by atoms with van der Waals surface area (Å²) in [6, 6.07) is 58.5. The molecule has 0 aliphatic rings. The molecule has 0 fully saturated rings. The molecule has 0 saturated carbocycles. The second kappa shape index (κ2) is 66.2. The van der Waals surface area contributed by atoms with Gasteiger partial charge in [0.25, 0.3) is 0 Å². The summed E-state index contributed by atoms with van der Waals surface area (Å²) in [6.07, 6.45) is -1.33. The number of aliphatic hydroxyl groups is 2. The Morgan fingerprint density at radius 1 is 0.193 bits per heavy atom. The van der Waals surface area contributed by atoms with E-state index in [0.717, 1.165) is 55.6 Å². The van der Waals surface area contributed by atoms with Crippen LogP contribution in [0.5, 0.6) is 57.5 Å². The SMILES string of the molecule is COCC(C)COc1ccc(C(C)(C)c2ccc(OCC(C)CCl)c(Cl)c2)cc1Cl.COC[C@@H](C)COc1ccc(C(C)(C)c2ccc(OC[C@H](C)CCl)c(Cl)c2)cc1Cl.COC[C@@H](O)COc1ccc(C(C)(C)c2cc(Cl)c(OC[C@@H](C)CCl)c(Cl)c2)cc1.COC[C@H](C)COc1ccc(C(C)(C)c2ccc(OC[C@@H](C)CCl)c(Cl)c2)cc1Cl.COC[C@H](O)COc1ccc(C(C)(C)c2cc(Cl)c(OC[C@H](C)CCl)c(Cl)c2)cc1. The Kier molecular flexibility index (Phi) is 58.7. The minimum Gasteiger partial charge on any atom is -0.492 e. The van der Waals surface area contributed by atoms with Crippen molar-refractivity contribution in [3.05, 3.63) is 288 Å². The molecule has 0 radical (unpaired) electrons. The molecule has 10 rings (SSSR count). The quantitative estimate of drug-likeness (QED) is 0.0344. The van der Waals surface area contributed by atoms with E-state index in [1.54, 1.807) is 21.3 Å². The monoisotopic (exact) mass is 2360 g/mol. The normalized spacial score (nSPS) is 13.7. The first-order valence-corrected chi connectivity index (χ1v) is 56.3. The van der Waals surface area contributed by atoms with Crippen molar-refractivity contribution >= 4 is 174 Å². The van der Waals surface area contributed by atoms with Gasteiger partial charge in [0, 0.05) is 139 Å². The number of rotatable bonds is 55. The van der Waals surface area contributed by atoms with Crippen LogP contribution in [0.3, 0.4) is 0 Å². The zero-order valence-electron chi connectivity index (χ0n) is 90.4. The van der Waals surface area contributed by atoms with E-state index in [0.29, 0.717) is 210 Å². The summed E-state index contributed by atoms with van der Waals surface area (Å²) in [5.74, 6) is 11.1. The van der Waals surface area contributed by atoms with E-state index in [4.69, 9.17) is 245 Å². The smallest absolute Gasteiger partial charge is 0.156 e. The van der Waals surface area contributed by atoms with E-state index in [1.165, 1.54) is 14.2 Å². The third-order valence-electron chi connectivity index (χ3n) is 25.0. The van der Waals surface area contributed by atoms with Gasteiger partial charge in [-0.05, 0) is 177 Å². The maximum atomic E-state index is 9.71. The molecule has 10 atom stereocenters. The lowest BCUT2D eigenvalue weighted by Gasteiger charge is -2.27. The highest BCUT2D eigenvalue weighted by atomic mass is 35.5. The van der Waals surface area contributed by atoms with Gasteiger partial charge < -0.3 is 81.3 Å². The van der Waals surface area contributed by atoms with Crippen LogP contribution in [-0.2, 0) is 50.8 Å². The van der Waals surface area contributed by atoms with Crippen molar-refractivity contribution in [1.29, 1.82) is 0 Å². The second-order valence-corrected chi connectivity index (χ2v) is 46.5. The Morgan fingerprint density at radius 2 is 0.360 bits per heavy atom. The summed E-state index contributed by atoms with van der Waals surface area (Å²) in [6.45, 7) is 44.5. The molecule has 2 N–H and O–H groups in total. The molecule has 0 saturated heterocycles. The van der Waals surface area contributed by atoms with Crippen LogP contribution in [0.2, 0.25) is 50.2 Å². The topological polar surface area (TPSA) is 179 Å². The van der Waals surface area contributed by atoms with Crippen LogP contribution in [0.1, 0.15) is 180 Å². The first-order valence-electron chi connectivity index (χ1n) is 49.8. The molecule has 0 amide bonds. The van der Waals surface area contributed by atoms with E-state index < -0.39 is 12.2 Å². The molecule has 0 heterocycles. The van der Waals surface area contributed by atoms with Crippen LogP contribution in [-0.4, -0.2) is 186 Å². The van der Waals surface area contributed by atoms with Crippen molar-refractivity contribution in [3.63, 3.8) is 0 Å². The standard InChI is InChI=1S/3C24H31Cl3O3.2C23H29Cl3O4/c3*1-16(12-25)14-29-22-8-6-18(10-20(22)26)24(3,4)19-7-9-23(21(27)11-19)30-15-17(2)13-28-5;2*1-15(11-24)12-30-22-20(25)9-17(10-21(22)26)23(2,3)16-5-7-19(8-6-16)29-14-18(27)13-28-4/h3*6-11,16-17H,12-15H2,1-5H3;2*5-10,15,18,27H,11-14H2,1-4H3/t2*16-,17-;;2*15-,18+/m10.10/s1. The lowest BCUT2D eigenvalue weighted by molar-refractivity contribution is 0.0325. The summed E-state index contributed by atoms with van der Waals surface area (Å²) in [7, 11) is 8.14. The molecule has 150 heavy (non-hydrogen) atoms. The second-order valence-electron chi connectivity index (χ2n) is 40.9. The Labute approximate surface area is 967 Å². The van der Waals surface area contributed by atoms with Crippen molar-refractivity contribution in [1.82, 2.24) is 0 Å². The number of ether oxygens (including phenoxy) is 15. The minimum atomic E-state index is -0.663. The molecule has 10 aromatic carbocycles. The molecule has 32 heteroatoms. The highest BCUT2D eigenvalue weighted by molar-refractivity contribution is 6.38. The Hall–Kier alpha value is -5.73. The average Bonchev–Trinajstić information content (AvgIpc) is 0.836. The third kappa shape index (κ3) is 42.2. The highest BCUT2D eigenvalue weighted by Crippen LogP contribution is 2.47. The number of hydrogen-bond acceptors (Lipinski definition) is 17. The van der Waals surface area contributed by atoms with Gasteiger partial charge in [0.05, 0.1) is 136 Å². The zero-order valence-corrected chi connectivity index (χ0v) is 102. The van der Waals surface area contributed by atoms with E-state index >= 15 is 0 Å². The predicted molar refractivity (Wildman–Crippen MR) is 628 cm³/mol. The summed E-state index contributed by atoms with van der Waals surface area (Å²) < 4.78 is 83.0. The molecule has 0 aromatic heterocycles. The van der Waals surface area contributed by atoms with Crippen LogP contribution in [0, 0.1) is 47.3 Å². The summed E-state index contributed by atoms with van der Waals surface area (Å²) in [4.78, 5) is 0. The van der Waals surface area contributed by atoms with Crippen LogP contribution in [0.15, 0.2) is 182 Å². The Bertz CT molecular complexity index is 5160. The summed E-state index contributed by atoms with van der Waals surface area (Å²) in [5, 5.41) is 24.8. The number of halogens is 15. The number of alkyl halides is 5. The maximum absolute atomic E-state index is 9.71. The molecule has 10 aromatic rings. The highest BCUT2D eigenvalue weighted by Gasteiger charge is 2.33. The molecule has 0 aliphatic heterocycles. The zero-order chi connectivity index (χ0) is 112. The fourth-order valence-corrected chi connectivity index (χ4v) is 17.9. The summed E-state index contributed by atoms with van der Waals surface area (Å²) in [5.41, 5.74) is 8.96. The molecule has 2 unspecified atom stereocenters. The van der Waals surface area contributed by atoms with Gasteiger partial charge in [0.15, 0.2) is 11.5 Å². The van der Waals surface area contributed by atoms with Crippen LogP contribution in [0.25, 0.3) is 0 Å². The fourth-order valence-electron chi connectivity index (χ4n) is 14.9. The molecule has 0 aliphatic carbocycles. The van der Waals surface area contributed by atoms with Crippen molar-refractivity contribution in [3.8, 4) is 57.5 Å². The van der Waals surface area contributed by atoms with Gasteiger partial charge in [0.1, 0.15) is 71.4 Å². The van der Waals surface area contributed by atoms with Gasteiger partial charge in [-0.3, -0.25) is 0 Å². The lowest BCUT2D eigenvalue weighted by atomic mass is 9.78. The average molecular weight is 2370 g/mol. The van der Waals surface area contributed by atoms with E-state index in [9.17, 15) is 10.2 Å². The minimum absolute atomic E-state index is 0.172. The first-order chi connectivity index (χ1) is 70.9. The van der Waals surface area contributed by atoms with E-state index in [-0.39, 0.29) is 101 Å². The fraction of sp³-hybridized carbons (Fsp3) is 0.492. The molecule has 17 nitrogen and oxygen atoms in total. The first kappa shape index (κ1) is 133. The molecule has 830 valence electrons.